The number of nitrogens with one attached hydrogen (secondary N) is 1. The van der Waals surface area contributed by atoms with Crippen molar-refractivity contribution < 1.29 is 19.1 Å². The molecule has 2 heterocycles. The zero-order chi connectivity index (χ0) is 14.6. The number of ketones is 1. The lowest BCUT2D eigenvalue weighted by molar-refractivity contribution is 0.0921. The van der Waals surface area contributed by atoms with Crippen molar-refractivity contribution in [3.8, 4) is 5.75 Å². The van der Waals surface area contributed by atoms with Crippen LogP contribution in [0.1, 0.15) is 10.4 Å². The standard InChI is InChI=1S/C16H13NO4/c1-20-12-7-11-8(5-6-21-11)15-13(12)16(19)9-3-2-4-10(18)14(9)17-15/h2-7,9,14,17-18H,1H3/t9-,14-/m1/s1. The largest absolute Gasteiger partial charge is 0.510 e. The molecule has 0 saturated carbocycles. The van der Waals surface area contributed by atoms with E-state index in [-0.39, 0.29) is 11.5 Å². The van der Waals surface area contributed by atoms with Gasteiger partial charge in [0, 0.05) is 11.5 Å². The molecule has 2 aromatic rings. The Morgan fingerprint density at radius 2 is 2.29 bits per heavy atom. The number of anilines is 1. The second-order valence-electron chi connectivity index (χ2n) is 5.15. The molecule has 2 N–H and O–H groups in total. The Balaban J connectivity index is 2.00. The quantitative estimate of drug-likeness (QED) is 0.841. The minimum atomic E-state index is -0.444. The summed E-state index contributed by atoms with van der Waals surface area (Å²) in [6, 6.07) is 3.07. The molecule has 0 amide bonds. The van der Waals surface area contributed by atoms with Gasteiger partial charge in [-0.05, 0) is 12.1 Å². The highest BCUT2D eigenvalue weighted by Crippen LogP contribution is 2.43. The lowest BCUT2D eigenvalue weighted by atomic mass is 9.81. The second-order valence-corrected chi connectivity index (χ2v) is 5.15. The summed E-state index contributed by atoms with van der Waals surface area (Å²) in [7, 11) is 1.53. The van der Waals surface area contributed by atoms with E-state index in [1.165, 1.54) is 7.11 Å². The first-order valence-corrected chi connectivity index (χ1v) is 6.67. The molecule has 0 spiro atoms. The molecule has 0 fully saturated rings. The highest BCUT2D eigenvalue weighted by Gasteiger charge is 2.40. The molecule has 2 aliphatic rings. The predicted octanol–water partition coefficient (Wildman–Crippen LogP) is 3.05. The molecule has 1 aliphatic heterocycles. The molecular formula is C16H13NO4. The van der Waals surface area contributed by atoms with Crippen molar-refractivity contribution in [3.63, 3.8) is 0 Å². The average molecular weight is 283 g/mol. The van der Waals surface area contributed by atoms with E-state index in [1.807, 2.05) is 0 Å². The SMILES string of the molecule is COc1cc2occc2c2c1C(=O)[C@@H]1C=CC=C(O)[C@@H]1N2. The highest BCUT2D eigenvalue weighted by molar-refractivity contribution is 6.14. The van der Waals surface area contributed by atoms with Crippen LogP contribution in [-0.4, -0.2) is 24.0 Å². The summed E-state index contributed by atoms with van der Waals surface area (Å²) in [5, 5.41) is 14.1. The Kier molecular flexibility index (Phi) is 2.39. The third-order valence-corrected chi connectivity index (χ3v) is 4.06. The molecular weight excluding hydrogens is 270 g/mol. The molecule has 0 saturated heterocycles. The normalized spacial score (nSPS) is 23.3. The van der Waals surface area contributed by atoms with Gasteiger partial charge >= 0.3 is 0 Å². The van der Waals surface area contributed by atoms with Gasteiger partial charge in [0.15, 0.2) is 5.78 Å². The summed E-state index contributed by atoms with van der Waals surface area (Å²) in [5.74, 6) is 0.136. The van der Waals surface area contributed by atoms with Crippen LogP contribution < -0.4 is 10.1 Å². The van der Waals surface area contributed by atoms with E-state index in [2.05, 4.69) is 5.32 Å². The number of carbonyl (C=O) groups is 1. The Hall–Kier alpha value is -2.69. The second kappa shape index (κ2) is 4.15. The van der Waals surface area contributed by atoms with Crippen LogP contribution in [0.2, 0.25) is 0 Å². The topological polar surface area (TPSA) is 71.7 Å². The van der Waals surface area contributed by atoms with E-state index in [0.29, 0.717) is 22.6 Å². The number of benzene rings is 1. The molecule has 0 bridgehead atoms. The minimum Gasteiger partial charge on any atom is -0.510 e. The van der Waals surface area contributed by atoms with Crippen LogP contribution in [0.3, 0.4) is 0 Å². The minimum absolute atomic E-state index is 0.0652. The third kappa shape index (κ3) is 1.54. The fourth-order valence-electron chi connectivity index (χ4n) is 3.04. The molecule has 0 radical (unpaired) electrons. The number of allylic oxidation sites excluding steroid dienone is 2. The summed E-state index contributed by atoms with van der Waals surface area (Å²) in [5.41, 5.74) is 1.80. The van der Waals surface area contributed by atoms with Gasteiger partial charge in [-0.2, -0.15) is 0 Å². The van der Waals surface area contributed by atoms with E-state index >= 15 is 0 Å². The maximum Gasteiger partial charge on any atom is 0.178 e. The monoisotopic (exact) mass is 283 g/mol. The van der Waals surface area contributed by atoms with Gasteiger partial charge in [0.25, 0.3) is 0 Å². The van der Waals surface area contributed by atoms with Gasteiger partial charge in [0.05, 0.1) is 36.6 Å². The number of aliphatic hydroxyl groups excluding tert-OH is 1. The lowest BCUT2D eigenvalue weighted by Gasteiger charge is -2.33. The Labute approximate surface area is 120 Å². The Morgan fingerprint density at radius 1 is 1.43 bits per heavy atom. The van der Waals surface area contributed by atoms with Crippen molar-refractivity contribution in [2.45, 2.75) is 6.04 Å². The lowest BCUT2D eigenvalue weighted by Crippen LogP contribution is -2.41. The third-order valence-electron chi connectivity index (χ3n) is 4.06. The van der Waals surface area contributed by atoms with E-state index in [9.17, 15) is 9.90 Å². The fourth-order valence-corrected chi connectivity index (χ4v) is 3.04. The van der Waals surface area contributed by atoms with Crippen molar-refractivity contribution in [2.24, 2.45) is 5.92 Å². The zero-order valence-electron chi connectivity index (χ0n) is 11.3. The molecule has 4 rings (SSSR count). The van der Waals surface area contributed by atoms with Crippen molar-refractivity contribution in [1.82, 2.24) is 0 Å². The van der Waals surface area contributed by atoms with Gasteiger partial charge in [-0.25, -0.2) is 0 Å². The van der Waals surface area contributed by atoms with Crippen molar-refractivity contribution in [2.75, 3.05) is 12.4 Å². The molecule has 21 heavy (non-hydrogen) atoms. The Bertz CT molecular complexity index is 815. The summed E-state index contributed by atoms with van der Waals surface area (Å²) >= 11 is 0. The number of carbonyl (C=O) groups excluding carboxylic acids is 1. The van der Waals surface area contributed by atoms with Crippen LogP contribution in [0, 0.1) is 5.92 Å². The Morgan fingerprint density at radius 3 is 3.10 bits per heavy atom. The number of rotatable bonds is 1. The van der Waals surface area contributed by atoms with Gasteiger partial charge in [-0.1, -0.05) is 12.2 Å². The first-order valence-electron chi connectivity index (χ1n) is 6.67. The summed E-state index contributed by atoms with van der Waals surface area (Å²) in [6.07, 6.45) is 6.66. The van der Waals surface area contributed by atoms with Crippen LogP contribution in [-0.2, 0) is 0 Å². The number of hydrogen-bond donors (Lipinski definition) is 2. The number of fused-ring (bicyclic) bond motifs is 4. The van der Waals surface area contributed by atoms with Crippen LogP contribution in [0.4, 0.5) is 5.69 Å². The number of furan rings is 1. The van der Waals surface area contributed by atoms with Crippen molar-refractivity contribution >= 4 is 22.4 Å². The smallest absolute Gasteiger partial charge is 0.178 e. The molecule has 1 aliphatic carbocycles. The molecule has 2 atom stereocenters. The molecule has 5 nitrogen and oxygen atoms in total. The number of methoxy groups -OCH3 is 1. The van der Waals surface area contributed by atoms with E-state index < -0.39 is 12.0 Å². The highest BCUT2D eigenvalue weighted by atomic mass is 16.5. The summed E-state index contributed by atoms with van der Waals surface area (Å²) < 4.78 is 10.7. The maximum absolute atomic E-state index is 12.8. The molecule has 1 aromatic carbocycles. The van der Waals surface area contributed by atoms with Crippen LogP contribution in [0.5, 0.6) is 5.75 Å². The molecule has 1 aromatic heterocycles. The number of ether oxygens (including phenoxy) is 1. The summed E-state index contributed by atoms with van der Waals surface area (Å²) in [4.78, 5) is 12.8. The molecule has 5 heteroatoms. The zero-order valence-corrected chi connectivity index (χ0v) is 11.3. The fraction of sp³-hybridized carbons (Fsp3) is 0.188. The van der Waals surface area contributed by atoms with Crippen LogP contribution >= 0.6 is 0 Å². The summed E-state index contributed by atoms with van der Waals surface area (Å²) in [6.45, 7) is 0. The van der Waals surface area contributed by atoms with Crippen molar-refractivity contribution in [1.29, 1.82) is 0 Å². The predicted molar refractivity (Wildman–Crippen MR) is 77.8 cm³/mol. The average Bonchev–Trinajstić information content (AvgIpc) is 2.96. The maximum atomic E-state index is 12.8. The molecule has 0 unspecified atom stereocenters. The van der Waals surface area contributed by atoms with Crippen LogP contribution in [0.15, 0.2) is 46.8 Å². The van der Waals surface area contributed by atoms with E-state index in [0.717, 1.165) is 5.39 Å². The van der Waals surface area contributed by atoms with Gasteiger partial charge in [-0.3, -0.25) is 4.79 Å². The van der Waals surface area contributed by atoms with Gasteiger partial charge < -0.3 is 19.6 Å². The van der Waals surface area contributed by atoms with E-state index in [4.69, 9.17) is 9.15 Å². The van der Waals surface area contributed by atoms with E-state index in [1.54, 1.807) is 36.6 Å². The van der Waals surface area contributed by atoms with Gasteiger partial charge in [0.1, 0.15) is 17.1 Å². The number of hydrogen-bond acceptors (Lipinski definition) is 5. The van der Waals surface area contributed by atoms with Crippen molar-refractivity contribution in [3.05, 3.63) is 47.9 Å². The first kappa shape index (κ1) is 12.1. The first-order chi connectivity index (χ1) is 10.2. The van der Waals surface area contributed by atoms with Gasteiger partial charge in [0.2, 0.25) is 0 Å². The molecule has 106 valence electrons. The van der Waals surface area contributed by atoms with Gasteiger partial charge in [-0.15, -0.1) is 0 Å². The number of aliphatic hydroxyl groups is 1. The van der Waals surface area contributed by atoms with Crippen LogP contribution in [0.25, 0.3) is 11.0 Å². The number of Topliss-reactive ketones (excluding diaryl/α,β-unsaturated/α-hetero) is 1.